The van der Waals surface area contributed by atoms with Gasteiger partial charge in [-0.15, -0.1) is 0 Å². The summed E-state index contributed by atoms with van der Waals surface area (Å²) in [5.74, 6) is 2.12. The van der Waals surface area contributed by atoms with Crippen LogP contribution in [0.3, 0.4) is 0 Å². The number of benzene rings is 1. The topological polar surface area (TPSA) is 83.3 Å². The number of hydrogen-bond acceptors (Lipinski definition) is 5. The number of fused-ring (bicyclic) bond motifs is 1. The van der Waals surface area contributed by atoms with Crippen molar-refractivity contribution in [3.63, 3.8) is 0 Å². The predicted octanol–water partition coefficient (Wildman–Crippen LogP) is 5.76. The van der Waals surface area contributed by atoms with Crippen molar-refractivity contribution in [2.24, 2.45) is 5.92 Å². The van der Waals surface area contributed by atoms with Crippen LogP contribution in [-0.2, 0) is 0 Å². The third kappa shape index (κ3) is 5.44. The van der Waals surface area contributed by atoms with Gasteiger partial charge in [0.1, 0.15) is 5.65 Å². The number of nitrogens with zero attached hydrogens (tertiary/aromatic N) is 4. The maximum atomic E-state index is 13.2. The molecule has 202 valence electrons. The van der Waals surface area contributed by atoms with Crippen molar-refractivity contribution in [1.29, 1.82) is 0 Å². The molecule has 0 spiro atoms. The molecule has 6 rings (SSSR count). The summed E-state index contributed by atoms with van der Waals surface area (Å²) in [6.45, 7) is 6.55. The molecule has 3 aromatic rings. The Hall–Kier alpha value is -2.93. The average molecular weight is 516 g/mol. The van der Waals surface area contributed by atoms with Crippen molar-refractivity contribution in [1.82, 2.24) is 19.4 Å². The van der Waals surface area contributed by atoms with E-state index in [-0.39, 0.29) is 12.0 Å². The first-order valence-corrected chi connectivity index (χ1v) is 14.6. The highest BCUT2D eigenvalue weighted by Crippen LogP contribution is 2.38. The Morgan fingerprint density at radius 3 is 2.39 bits per heavy atom. The molecule has 2 aliphatic carbocycles. The van der Waals surface area contributed by atoms with Gasteiger partial charge in [0.2, 0.25) is 5.95 Å². The molecular formula is C31H41N5O2. The maximum Gasteiger partial charge on any atom is 0.253 e. The summed E-state index contributed by atoms with van der Waals surface area (Å²) in [5.41, 5.74) is 5.39. The van der Waals surface area contributed by atoms with Crippen LogP contribution in [0.15, 0.2) is 30.6 Å². The first-order chi connectivity index (χ1) is 18.4. The fourth-order valence-corrected chi connectivity index (χ4v) is 6.55. The van der Waals surface area contributed by atoms with E-state index in [1.165, 1.54) is 24.8 Å². The van der Waals surface area contributed by atoms with Gasteiger partial charge in [0.25, 0.3) is 5.91 Å². The highest BCUT2D eigenvalue weighted by Gasteiger charge is 2.30. The molecule has 3 heterocycles. The van der Waals surface area contributed by atoms with E-state index in [0.717, 1.165) is 91.8 Å². The third-order valence-corrected chi connectivity index (χ3v) is 8.89. The van der Waals surface area contributed by atoms with Gasteiger partial charge < -0.3 is 19.9 Å². The lowest BCUT2D eigenvalue weighted by molar-refractivity contribution is 0.0713. The Kier molecular flexibility index (Phi) is 7.12. The summed E-state index contributed by atoms with van der Waals surface area (Å²) in [4.78, 5) is 25.0. The van der Waals surface area contributed by atoms with Gasteiger partial charge >= 0.3 is 0 Å². The van der Waals surface area contributed by atoms with Gasteiger partial charge in [-0.2, -0.15) is 4.98 Å². The zero-order chi connectivity index (χ0) is 26.2. The third-order valence-electron chi connectivity index (χ3n) is 8.89. The molecule has 3 fully saturated rings. The molecular weight excluding hydrogens is 474 g/mol. The summed E-state index contributed by atoms with van der Waals surface area (Å²) in [5, 5.41) is 14.7. The lowest BCUT2D eigenvalue weighted by atomic mass is 9.89. The van der Waals surface area contributed by atoms with Crippen molar-refractivity contribution >= 4 is 22.9 Å². The Morgan fingerprint density at radius 2 is 1.71 bits per heavy atom. The Morgan fingerprint density at radius 1 is 1.00 bits per heavy atom. The lowest BCUT2D eigenvalue weighted by Crippen LogP contribution is -2.38. The van der Waals surface area contributed by atoms with Crippen LogP contribution in [0, 0.1) is 19.8 Å². The van der Waals surface area contributed by atoms with Crippen LogP contribution in [0.5, 0.6) is 0 Å². The quantitative estimate of drug-likeness (QED) is 0.418. The van der Waals surface area contributed by atoms with Crippen molar-refractivity contribution < 1.29 is 9.90 Å². The van der Waals surface area contributed by atoms with E-state index in [9.17, 15) is 9.90 Å². The smallest absolute Gasteiger partial charge is 0.253 e. The van der Waals surface area contributed by atoms with Gasteiger partial charge in [0, 0.05) is 49.0 Å². The van der Waals surface area contributed by atoms with Crippen molar-refractivity contribution in [3.05, 3.63) is 52.8 Å². The molecule has 1 aliphatic heterocycles. The second-order valence-electron chi connectivity index (χ2n) is 12.0. The van der Waals surface area contributed by atoms with Crippen LogP contribution >= 0.6 is 0 Å². The SMILES string of the molecule is Cc1cc(C)cc(C(=O)N2CCC(c3cn(C4CCC(O)CC4)c4nc(NCCC5CC5)ncc34)CC2)c1. The molecule has 0 radical (unpaired) electrons. The summed E-state index contributed by atoms with van der Waals surface area (Å²) >= 11 is 0. The molecule has 3 aliphatic rings. The molecule has 1 saturated heterocycles. The van der Waals surface area contributed by atoms with Gasteiger partial charge in [-0.3, -0.25) is 4.79 Å². The number of rotatable bonds is 7. The fourth-order valence-electron chi connectivity index (χ4n) is 6.55. The Balaban J connectivity index is 1.22. The van der Waals surface area contributed by atoms with Crippen LogP contribution in [-0.4, -0.2) is 56.2 Å². The van der Waals surface area contributed by atoms with E-state index < -0.39 is 0 Å². The highest BCUT2D eigenvalue weighted by atomic mass is 16.3. The molecule has 2 N–H and O–H groups in total. The Labute approximate surface area is 225 Å². The van der Waals surface area contributed by atoms with E-state index in [1.807, 2.05) is 23.2 Å². The number of aliphatic hydroxyl groups excluding tert-OH is 1. The van der Waals surface area contributed by atoms with Crippen molar-refractivity contribution in [2.75, 3.05) is 25.0 Å². The first-order valence-electron chi connectivity index (χ1n) is 14.6. The van der Waals surface area contributed by atoms with E-state index >= 15 is 0 Å². The highest BCUT2D eigenvalue weighted by molar-refractivity contribution is 5.94. The number of carbonyl (C=O) groups is 1. The van der Waals surface area contributed by atoms with E-state index in [2.05, 4.69) is 36.0 Å². The molecule has 1 amide bonds. The van der Waals surface area contributed by atoms with E-state index in [1.54, 1.807) is 0 Å². The largest absolute Gasteiger partial charge is 0.393 e. The number of aromatic nitrogens is 3. The van der Waals surface area contributed by atoms with Crippen LogP contribution in [0.2, 0.25) is 0 Å². The number of aryl methyl sites for hydroxylation is 2. The number of likely N-dealkylation sites (tertiary alicyclic amines) is 1. The second kappa shape index (κ2) is 10.7. The average Bonchev–Trinajstić information content (AvgIpc) is 3.67. The molecule has 1 aromatic carbocycles. The van der Waals surface area contributed by atoms with Gasteiger partial charge in [-0.05, 0) is 88.3 Å². The molecule has 2 saturated carbocycles. The molecule has 0 atom stereocenters. The minimum absolute atomic E-state index is 0.142. The van der Waals surface area contributed by atoms with E-state index in [0.29, 0.717) is 17.9 Å². The minimum atomic E-state index is -0.180. The minimum Gasteiger partial charge on any atom is -0.393 e. The maximum absolute atomic E-state index is 13.2. The zero-order valence-corrected chi connectivity index (χ0v) is 22.8. The van der Waals surface area contributed by atoms with Gasteiger partial charge in [-0.1, -0.05) is 30.0 Å². The number of piperidine rings is 1. The van der Waals surface area contributed by atoms with Gasteiger partial charge in [0.05, 0.1) is 6.10 Å². The molecule has 2 aromatic heterocycles. The predicted molar refractivity (Wildman–Crippen MR) is 151 cm³/mol. The van der Waals surface area contributed by atoms with Gasteiger partial charge in [-0.25, -0.2) is 4.98 Å². The summed E-state index contributed by atoms with van der Waals surface area (Å²) in [6, 6.07) is 6.48. The summed E-state index contributed by atoms with van der Waals surface area (Å²) in [7, 11) is 0. The van der Waals surface area contributed by atoms with E-state index in [4.69, 9.17) is 9.97 Å². The number of carbonyl (C=O) groups excluding carboxylic acids is 1. The van der Waals surface area contributed by atoms with Crippen molar-refractivity contribution in [3.8, 4) is 0 Å². The first kappa shape index (κ1) is 25.4. The normalized spacial score (nSPS) is 22.7. The number of anilines is 1. The Bertz CT molecular complexity index is 1280. The van der Waals surface area contributed by atoms with Crippen LogP contribution in [0.1, 0.15) is 96.8 Å². The van der Waals surface area contributed by atoms with Crippen LogP contribution < -0.4 is 5.32 Å². The summed E-state index contributed by atoms with van der Waals surface area (Å²) < 4.78 is 2.37. The number of amides is 1. The van der Waals surface area contributed by atoms with Gasteiger partial charge in [0.15, 0.2) is 0 Å². The zero-order valence-electron chi connectivity index (χ0n) is 22.8. The second-order valence-corrected chi connectivity index (χ2v) is 12.0. The fraction of sp³-hybridized carbons (Fsp3) is 0.581. The molecule has 7 nitrogen and oxygen atoms in total. The van der Waals surface area contributed by atoms with Crippen molar-refractivity contribution in [2.45, 2.75) is 89.7 Å². The molecule has 0 unspecified atom stereocenters. The molecule has 0 bridgehead atoms. The molecule has 38 heavy (non-hydrogen) atoms. The lowest BCUT2D eigenvalue weighted by Gasteiger charge is -2.32. The number of hydrogen-bond donors (Lipinski definition) is 2. The van der Waals surface area contributed by atoms with Crippen LogP contribution in [0.4, 0.5) is 5.95 Å². The number of aliphatic hydroxyl groups is 1. The monoisotopic (exact) mass is 515 g/mol. The van der Waals surface area contributed by atoms with Crippen LogP contribution in [0.25, 0.3) is 11.0 Å². The molecule has 7 heteroatoms. The standard InChI is InChI=1S/C31H41N5O2/c1-20-15-21(2)17-24(16-20)30(38)35-13-10-23(11-14-35)28-19-36(25-5-7-26(37)8-6-25)29-27(28)18-33-31(34-29)32-12-9-22-3-4-22/h15-19,22-23,25-26,37H,3-14H2,1-2H3,(H,32,33,34). The summed E-state index contributed by atoms with van der Waals surface area (Å²) in [6.07, 6.45) is 13.6. The number of nitrogens with one attached hydrogen (secondary N) is 1.